The average molecular weight is 258 g/mol. The number of hydrogen-bond acceptors (Lipinski definition) is 7. The molecule has 0 spiro atoms. The van der Waals surface area contributed by atoms with Crippen molar-refractivity contribution in [1.29, 1.82) is 0 Å². The lowest BCUT2D eigenvalue weighted by Gasteiger charge is -2.19. The largest absolute Gasteiger partial charge is 0.509 e. The van der Waals surface area contributed by atoms with Gasteiger partial charge in [-0.2, -0.15) is 0 Å². The van der Waals surface area contributed by atoms with Gasteiger partial charge in [-0.05, 0) is 0 Å². The molecule has 2 heterocycles. The maximum Gasteiger partial charge on any atom is 0.253 e. The quantitative estimate of drug-likeness (QED) is 0.370. The molecule has 6 N–H and O–H groups in total. The zero-order chi connectivity index (χ0) is 13.4. The molecule has 1 fully saturated rings. The predicted octanol–water partition coefficient (Wildman–Crippen LogP) is -2.78. The number of rotatable bonds is 3. The topological polar surface area (TPSA) is 146 Å². The van der Waals surface area contributed by atoms with Crippen molar-refractivity contribution in [2.45, 2.75) is 30.5 Å². The number of ether oxygens (including phenoxy) is 1. The second-order valence-electron chi connectivity index (χ2n) is 4.19. The molecule has 2 aliphatic rings. The van der Waals surface area contributed by atoms with Crippen molar-refractivity contribution < 1.29 is 30.0 Å². The fraction of sp³-hybridized carbons (Fsp3) is 0.600. The summed E-state index contributed by atoms with van der Waals surface area (Å²) in [5, 5.41) is 38.0. The van der Waals surface area contributed by atoms with Crippen molar-refractivity contribution in [1.82, 2.24) is 0 Å². The molecular weight excluding hydrogens is 244 g/mol. The molecule has 0 aromatic rings. The SMILES string of the molecule is NC(=O)C1=C(O)C([C@@H]2O[C@H](CO)[C@@H](O)[C@H]2O)N=C1. The van der Waals surface area contributed by atoms with Gasteiger partial charge in [-0.3, -0.25) is 9.79 Å². The Morgan fingerprint density at radius 3 is 2.56 bits per heavy atom. The van der Waals surface area contributed by atoms with E-state index in [9.17, 15) is 20.1 Å². The second-order valence-corrected chi connectivity index (χ2v) is 4.19. The number of carbonyl (C=O) groups is 1. The molecule has 0 aromatic heterocycles. The summed E-state index contributed by atoms with van der Waals surface area (Å²) < 4.78 is 5.21. The summed E-state index contributed by atoms with van der Waals surface area (Å²) in [5.74, 6) is -1.25. The minimum atomic E-state index is -1.32. The Kier molecular flexibility index (Phi) is 3.35. The highest BCUT2D eigenvalue weighted by molar-refractivity contribution is 6.13. The number of aliphatic hydroxyl groups excluding tert-OH is 4. The van der Waals surface area contributed by atoms with Crippen LogP contribution in [0.1, 0.15) is 0 Å². The van der Waals surface area contributed by atoms with Crippen LogP contribution in [0, 0.1) is 0 Å². The van der Waals surface area contributed by atoms with Crippen LogP contribution in [0.25, 0.3) is 0 Å². The second kappa shape index (κ2) is 4.65. The van der Waals surface area contributed by atoms with Crippen molar-refractivity contribution in [3.8, 4) is 0 Å². The summed E-state index contributed by atoms with van der Waals surface area (Å²) >= 11 is 0. The van der Waals surface area contributed by atoms with Crippen LogP contribution < -0.4 is 5.73 Å². The first-order valence-corrected chi connectivity index (χ1v) is 5.36. The van der Waals surface area contributed by atoms with Crippen LogP contribution in [0.2, 0.25) is 0 Å². The van der Waals surface area contributed by atoms with Crippen molar-refractivity contribution in [3.63, 3.8) is 0 Å². The van der Waals surface area contributed by atoms with Gasteiger partial charge < -0.3 is 30.9 Å². The molecule has 1 amide bonds. The van der Waals surface area contributed by atoms with Crippen molar-refractivity contribution >= 4 is 12.1 Å². The molecule has 100 valence electrons. The molecule has 2 aliphatic heterocycles. The molecule has 8 nitrogen and oxygen atoms in total. The van der Waals surface area contributed by atoms with Gasteiger partial charge in [0.1, 0.15) is 36.2 Å². The zero-order valence-corrected chi connectivity index (χ0v) is 9.30. The Labute approximate surface area is 102 Å². The third-order valence-corrected chi connectivity index (χ3v) is 3.08. The third kappa shape index (κ3) is 1.89. The Hall–Kier alpha value is -1.48. The van der Waals surface area contributed by atoms with E-state index in [4.69, 9.17) is 15.6 Å². The van der Waals surface area contributed by atoms with Crippen molar-refractivity contribution in [2.24, 2.45) is 10.7 Å². The molecule has 8 heteroatoms. The summed E-state index contributed by atoms with van der Waals surface area (Å²) in [7, 11) is 0. The molecule has 1 unspecified atom stereocenters. The molecule has 0 aromatic carbocycles. The predicted molar refractivity (Wildman–Crippen MR) is 58.9 cm³/mol. The number of carbonyl (C=O) groups excluding carboxylic acids is 1. The number of nitrogens with two attached hydrogens (primary N) is 1. The first-order chi connectivity index (χ1) is 8.47. The smallest absolute Gasteiger partial charge is 0.253 e. The number of aliphatic hydroxyl groups is 4. The molecular formula is C10H14N2O6. The van der Waals surface area contributed by atoms with E-state index in [1.807, 2.05) is 0 Å². The van der Waals surface area contributed by atoms with Gasteiger partial charge in [0.05, 0.1) is 12.2 Å². The third-order valence-electron chi connectivity index (χ3n) is 3.08. The van der Waals surface area contributed by atoms with E-state index in [0.717, 1.165) is 6.21 Å². The molecule has 1 saturated heterocycles. The van der Waals surface area contributed by atoms with Gasteiger partial charge in [0.2, 0.25) is 0 Å². The van der Waals surface area contributed by atoms with Gasteiger partial charge in [-0.1, -0.05) is 0 Å². The highest BCUT2D eigenvalue weighted by Gasteiger charge is 2.48. The summed E-state index contributed by atoms with van der Waals surface area (Å²) in [4.78, 5) is 14.8. The molecule has 0 saturated carbocycles. The van der Waals surface area contributed by atoms with E-state index < -0.39 is 48.7 Å². The number of hydrogen-bond donors (Lipinski definition) is 5. The molecule has 0 radical (unpaired) electrons. The maximum atomic E-state index is 11.0. The molecule has 5 atom stereocenters. The van der Waals surface area contributed by atoms with Crippen LogP contribution in [0.3, 0.4) is 0 Å². The number of amides is 1. The Bertz CT molecular complexity index is 421. The van der Waals surface area contributed by atoms with Gasteiger partial charge in [0, 0.05) is 6.21 Å². The van der Waals surface area contributed by atoms with Crippen LogP contribution in [-0.2, 0) is 9.53 Å². The van der Waals surface area contributed by atoms with E-state index in [-0.39, 0.29) is 5.57 Å². The van der Waals surface area contributed by atoms with Crippen LogP contribution in [0.15, 0.2) is 16.3 Å². The normalized spacial score (nSPS) is 39.6. The Balaban J connectivity index is 2.20. The van der Waals surface area contributed by atoms with E-state index >= 15 is 0 Å². The average Bonchev–Trinajstić information content (AvgIpc) is 2.82. The molecule has 0 aliphatic carbocycles. The van der Waals surface area contributed by atoms with Gasteiger partial charge in [0.25, 0.3) is 5.91 Å². The van der Waals surface area contributed by atoms with Gasteiger partial charge >= 0.3 is 0 Å². The molecule has 18 heavy (non-hydrogen) atoms. The standard InChI is InChI=1S/C10H14N2O6/c11-10(17)3-1-12-5(6(3)14)9-8(16)7(15)4(2-13)18-9/h1,4-5,7-9,13-16H,2H2,(H2,11,17)/t4-,5?,7-,8-,9+/m1/s1. The van der Waals surface area contributed by atoms with E-state index in [1.165, 1.54) is 0 Å². The zero-order valence-electron chi connectivity index (χ0n) is 9.30. The van der Waals surface area contributed by atoms with Crippen LogP contribution in [0.4, 0.5) is 0 Å². The maximum absolute atomic E-state index is 11.0. The van der Waals surface area contributed by atoms with E-state index in [0.29, 0.717) is 0 Å². The molecule has 0 bridgehead atoms. The first-order valence-electron chi connectivity index (χ1n) is 5.36. The highest BCUT2D eigenvalue weighted by Crippen LogP contribution is 2.30. The fourth-order valence-corrected chi connectivity index (χ4v) is 2.07. The summed E-state index contributed by atoms with van der Waals surface area (Å²) in [6.07, 6.45) is -3.49. The highest BCUT2D eigenvalue weighted by atomic mass is 16.6. The van der Waals surface area contributed by atoms with Crippen molar-refractivity contribution in [3.05, 3.63) is 11.3 Å². The number of nitrogens with zero attached hydrogens (tertiary/aromatic N) is 1. The van der Waals surface area contributed by atoms with Gasteiger partial charge in [-0.15, -0.1) is 0 Å². The lowest BCUT2D eigenvalue weighted by Crippen LogP contribution is -2.38. The van der Waals surface area contributed by atoms with Gasteiger partial charge in [0.15, 0.2) is 0 Å². The van der Waals surface area contributed by atoms with Crippen molar-refractivity contribution in [2.75, 3.05) is 6.61 Å². The number of aliphatic imine (C=N–C) groups is 1. The van der Waals surface area contributed by atoms with E-state index in [1.54, 1.807) is 0 Å². The summed E-state index contributed by atoms with van der Waals surface area (Å²) in [6.45, 7) is -0.474. The van der Waals surface area contributed by atoms with E-state index in [2.05, 4.69) is 4.99 Å². The fourth-order valence-electron chi connectivity index (χ4n) is 2.07. The minimum Gasteiger partial charge on any atom is -0.509 e. The summed E-state index contributed by atoms with van der Waals surface area (Å²) in [5.41, 5.74) is 4.87. The van der Waals surface area contributed by atoms with Crippen LogP contribution >= 0.6 is 0 Å². The Morgan fingerprint density at radius 2 is 2.11 bits per heavy atom. The Morgan fingerprint density at radius 1 is 1.44 bits per heavy atom. The minimum absolute atomic E-state index is 0.155. The molecule has 2 rings (SSSR count). The lowest BCUT2D eigenvalue weighted by atomic mass is 10.0. The number of primary amides is 1. The summed E-state index contributed by atoms with van der Waals surface area (Å²) in [6, 6.07) is -1.01. The van der Waals surface area contributed by atoms with Crippen LogP contribution in [0.5, 0.6) is 0 Å². The monoisotopic (exact) mass is 258 g/mol. The van der Waals surface area contributed by atoms with Crippen LogP contribution in [-0.4, -0.2) is 69.6 Å². The van der Waals surface area contributed by atoms with Gasteiger partial charge in [-0.25, -0.2) is 0 Å². The first kappa shape index (κ1) is 13.0. The lowest BCUT2D eigenvalue weighted by molar-refractivity contribution is -0.114.